The van der Waals surface area contributed by atoms with E-state index < -0.39 is 5.82 Å². The summed E-state index contributed by atoms with van der Waals surface area (Å²) in [6.07, 6.45) is 2.98. The minimum atomic E-state index is -0.406. The summed E-state index contributed by atoms with van der Waals surface area (Å²) in [5.41, 5.74) is 8.33. The third-order valence-corrected chi connectivity index (χ3v) is 7.38. The molecule has 9 heteroatoms. The number of amides is 1. The number of rotatable bonds is 1. The van der Waals surface area contributed by atoms with E-state index in [-0.39, 0.29) is 23.7 Å². The summed E-state index contributed by atoms with van der Waals surface area (Å²) in [4.78, 5) is 19.5. The molecule has 1 aromatic heterocycles. The van der Waals surface area contributed by atoms with Crippen LogP contribution in [0.1, 0.15) is 35.2 Å². The number of thiazole rings is 1. The van der Waals surface area contributed by atoms with Crippen LogP contribution in [0.25, 0.3) is 21.3 Å². The van der Waals surface area contributed by atoms with Crippen molar-refractivity contribution in [1.29, 1.82) is 0 Å². The third-order valence-electron chi connectivity index (χ3n) is 5.78. The summed E-state index contributed by atoms with van der Waals surface area (Å²) in [5.74, 6) is -0.480. The molecule has 1 amide bonds. The highest BCUT2D eigenvalue weighted by Crippen LogP contribution is 2.44. The summed E-state index contributed by atoms with van der Waals surface area (Å²) in [6, 6.07) is 4.65. The molecule has 0 saturated carbocycles. The maximum absolute atomic E-state index is 14.3. The maximum Gasteiger partial charge on any atom is 0.254 e. The van der Waals surface area contributed by atoms with Gasteiger partial charge in [-0.2, -0.15) is 0 Å². The lowest BCUT2D eigenvalue weighted by atomic mass is 9.95. The van der Waals surface area contributed by atoms with Gasteiger partial charge < -0.3 is 15.4 Å². The zero-order valence-electron chi connectivity index (χ0n) is 15.9. The van der Waals surface area contributed by atoms with Crippen LogP contribution in [0.15, 0.2) is 18.2 Å². The minimum absolute atomic E-state index is 0.0736. The lowest BCUT2D eigenvalue weighted by Gasteiger charge is -2.37. The number of hydrogen-bond acceptors (Lipinski definition) is 5. The molecule has 1 saturated heterocycles. The van der Waals surface area contributed by atoms with E-state index in [0.717, 1.165) is 30.6 Å². The fraction of sp³-hybridized carbons (Fsp3) is 0.333. The number of halogens is 3. The van der Waals surface area contributed by atoms with Gasteiger partial charge >= 0.3 is 0 Å². The van der Waals surface area contributed by atoms with Gasteiger partial charge in [0.25, 0.3) is 5.91 Å². The van der Waals surface area contributed by atoms with Crippen molar-refractivity contribution in [2.24, 2.45) is 0 Å². The summed E-state index contributed by atoms with van der Waals surface area (Å²) in [7, 11) is 0. The summed E-state index contributed by atoms with van der Waals surface area (Å²) >= 11 is 14.5. The smallest absolute Gasteiger partial charge is 0.254 e. The van der Waals surface area contributed by atoms with Crippen LogP contribution < -0.4 is 5.73 Å². The lowest BCUT2D eigenvalue weighted by Crippen LogP contribution is -2.47. The fourth-order valence-electron chi connectivity index (χ4n) is 4.33. The van der Waals surface area contributed by atoms with Crippen LogP contribution in [0, 0.1) is 5.82 Å². The molecule has 5 rings (SSSR count). The van der Waals surface area contributed by atoms with E-state index in [2.05, 4.69) is 4.98 Å². The third kappa shape index (κ3) is 3.15. The highest BCUT2D eigenvalue weighted by atomic mass is 35.5. The average Bonchev–Trinajstić information content (AvgIpc) is 3.12. The lowest BCUT2D eigenvalue weighted by molar-refractivity contribution is 0.0211. The molecule has 2 N–H and O–H groups in total. The molecule has 156 valence electrons. The Balaban J connectivity index is 1.70. The topological polar surface area (TPSA) is 68.5 Å². The predicted molar refractivity (Wildman–Crippen MR) is 118 cm³/mol. The minimum Gasteiger partial charge on any atom is -0.375 e. The Morgan fingerprint density at radius 2 is 2.10 bits per heavy atom. The molecule has 0 radical (unpaired) electrons. The Morgan fingerprint density at radius 1 is 1.27 bits per heavy atom. The Morgan fingerprint density at radius 3 is 2.93 bits per heavy atom. The molecule has 0 bridgehead atoms. The normalized spacial score (nSPS) is 19.4. The number of benzene rings is 2. The van der Waals surface area contributed by atoms with E-state index in [4.69, 9.17) is 33.7 Å². The Hall–Kier alpha value is -1.93. The van der Waals surface area contributed by atoms with E-state index in [0.29, 0.717) is 55.7 Å². The highest BCUT2D eigenvalue weighted by molar-refractivity contribution is 7.22. The van der Waals surface area contributed by atoms with Crippen LogP contribution in [-0.2, 0) is 11.3 Å². The number of nitrogens with zero attached hydrogens (tertiary/aromatic N) is 2. The van der Waals surface area contributed by atoms with Crippen LogP contribution >= 0.6 is 34.5 Å². The van der Waals surface area contributed by atoms with Crippen molar-refractivity contribution in [3.63, 3.8) is 0 Å². The van der Waals surface area contributed by atoms with Gasteiger partial charge in [-0.3, -0.25) is 4.79 Å². The van der Waals surface area contributed by atoms with Crippen molar-refractivity contribution in [3.05, 3.63) is 45.2 Å². The van der Waals surface area contributed by atoms with Gasteiger partial charge in [0.2, 0.25) is 0 Å². The van der Waals surface area contributed by atoms with Gasteiger partial charge in [0, 0.05) is 28.8 Å². The number of ether oxygens (including phenoxy) is 1. The molecule has 3 heterocycles. The Kier molecular flexibility index (Phi) is 5.09. The highest BCUT2D eigenvalue weighted by Gasteiger charge is 2.33. The first kappa shape index (κ1) is 20.0. The van der Waals surface area contributed by atoms with Gasteiger partial charge in [0.1, 0.15) is 5.82 Å². The van der Waals surface area contributed by atoms with Crippen molar-refractivity contribution >= 4 is 55.8 Å². The molecular formula is C21H18Cl2FN3O2S. The van der Waals surface area contributed by atoms with Crippen molar-refractivity contribution in [2.75, 3.05) is 18.9 Å². The number of nitrogens with two attached hydrogens (primary N) is 1. The number of carbonyl (C=O) groups is 1. The van der Waals surface area contributed by atoms with Gasteiger partial charge in [-0.05, 0) is 37.5 Å². The van der Waals surface area contributed by atoms with Crippen molar-refractivity contribution in [1.82, 2.24) is 9.88 Å². The van der Waals surface area contributed by atoms with Crippen molar-refractivity contribution < 1.29 is 13.9 Å². The van der Waals surface area contributed by atoms with Crippen molar-refractivity contribution in [2.45, 2.75) is 31.9 Å². The first-order valence-corrected chi connectivity index (χ1v) is 11.3. The molecule has 2 aliphatic heterocycles. The van der Waals surface area contributed by atoms with Gasteiger partial charge in [0.05, 0.1) is 39.5 Å². The molecule has 0 aliphatic carbocycles. The molecular weight excluding hydrogens is 448 g/mol. The monoisotopic (exact) mass is 465 g/mol. The fourth-order valence-corrected chi connectivity index (χ4v) is 5.80. The number of nitrogen functional groups attached to an aromatic ring is 1. The average molecular weight is 466 g/mol. The van der Waals surface area contributed by atoms with E-state index in [1.807, 2.05) is 4.90 Å². The first-order chi connectivity index (χ1) is 14.5. The standard InChI is InChI=1S/C21H18Cl2FN3O2S/c22-14-7-12-13(9-29-8-10-3-1-2-6-27(10)20(12)28)17(23)16(14)11-4-5-15(24)19-18(11)26-21(25)30-19/h4-5,7,10H,1-3,6,8-9H2,(H2,25,26)/t10-/m0/s1. The predicted octanol–water partition coefficient (Wildman–Crippen LogP) is 5.52. The number of piperidine rings is 1. The number of anilines is 1. The van der Waals surface area contributed by atoms with Crippen molar-refractivity contribution in [3.8, 4) is 11.1 Å². The molecule has 0 unspecified atom stereocenters. The molecule has 30 heavy (non-hydrogen) atoms. The molecule has 5 nitrogen and oxygen atoms in total. The van der Waals surface area contributed by atoms with Gasteiger partial charge in [0.15, 0.2) is 5.13 Å². The number of fused-ring (bicyclic) bond motifs is 3. The van der Waals surface area contributed by atoms with Crippen LogP contribution in [0.5, 0.6) is 0 Å². The maximum atomic E-state index is 14.3. The Labute approximate surface area is 186 Å². The van der Waals surface area contributed by atoms with Crippen LogP contribution in [0.4, 0.5) is 9.52 Å². The molecule has 2 aromatic carbocycles. The molecule has 1 atom stereocenters. The summed E-state index contributed by atoms with van der Waals surface area (Å²) in [5, 5.41) is 0.881. The van der Waals surface area contributed by atoms with E-state index in [1.54, 1.807) is 12.1 Å². The Bertz CT molecular complexity index is 1180. The van der Waals surface area contributed by atoms with E-state index in [1.165, 1.54) is 6.07 Å². The van der Waals surface area contributed by atoms with Gasteiger partial charge in [-0.25, -0.2) is 9.37 Å². The molecule has 2 aliphatic rings. The zero-order valence-corrected chi connectivity index (χ0v) is 18.2. The number of aromatic nitrogens is 1. The van der Waals surface area contributed by atoms with Gasteiger partial charge in [-0.15, -0.1) is 0 Å². The van der Waals surface area contributed by atoms with Gasteiger partial charge in [-0.1, -0.05) is 34.5 Å². The molecule has 3 aromatic rings. The summed E-state index contributed by atoms with van der Waals surface area (Å²) < 4.78 is 20.5. The zero-order chi connectivity index (χ0) is 21.0. The number of carbonyl (C=O) groups excluding carboxylic acids is 1. The molecule has 0 spiro atoms. The quantitative estimate of drug-likeness (QED) is 0.513. The largest absolute Gasteiger partial charge is 0.375 e. The first-order valence-electron chi connectivity index (χ1n) is 9.70. The van der Waals surface area contributed by atoms with Crippen LogP contribution in [0.2, 0.25) is 10.0 Å². The number of hydrogen-bond donors (Lipinski definition) is 1. The SMILES string of the molecule is Nc1nc2c(-c3c(Cl)cc4c(c3Cl)COC[C@@H]3CCCCN3C4=O)ccc(F)c2s1. The second kappa shape index (κ2) is 7.64. The second-order valence-corrected chi connectivity index (χ2v) is 9.38. The van der Waals surface area contributed by atoms with Crippen LogP contribution in [0.3, 0.4) is 0 Å². The molecule has 1 fully saturated rings. The summed E-state index contributed by atoms with van der Waals surface area (Å²) in [6.45, 7) is 1.38. The van der Waals surface area contributed by atoms with Crippen LogP contribution in [-0.4, -0.2) is 35.0 Å². The van der Waals surface area contributed by atoms with E-state index >= 15 is 0 Å². The van der Waals surface area contributed by atoms with E-state index in [9.17, 15) is 9.18 Å². The second-order valence-electron chi connectivity index (χ2n) is 7.56.